The van der Waals surface area contributed by atoms with Crippen LogP contribution in [-0.4, -0.2) is 30.7 Å². The summed E-state index contributed by atoms with van der Waals surface area (Å²) < 4.78 is 5.09. The molecule has 2 amide bonds. The lowest BCUT2D eigenvalue weighted by Gasteiger charge is -2.06. The van der Waals surface area contributed by atoms with E-state index in [0.29, 0.717) is 11.3 Å². The zero-order valence-electron chi connectivity index (χ0n) is 11.8. The molecule has 7 nitrogen and oxygen atoms in total. The number of hydrogen-bond donors (Lipinski definition) is 2. The molecule has 0 atom stereocenters. The third-order valence-electron chi connectivity index (χ3n) is 2.19. The first-order valence-electron chi connectivity index (χ1n) is 6.26. The van der Waals surface area contributed by atoms with Crippen LogP contribution in [0.4, 0.5) is 0 Å². The van der Waals surface area contributed by atoms with E-state index >= 15 is 0 Å². The van der Waals surface area contributed by atoms with Crippen molar-refractivity contribution in [2.24, 2.45) is 5.10 Å². The highest BCUT2D eigenvalue weighted by Crippen LogP contribution is 2.10. The SMILES string of the molecule is CC(C)NC(=O)C(=O)N/N=C\c1ccc(OCC#N)cc1. The number of ether oxygens (including phenoxy) is 1. The minimum atomic E-state index is -0.825. The van der Waals surface area contributed by atoms with Crippen molar-refractivity contribution < 1.29 is 14.3 Å². The average molecular weight is 288 g/mol. The molecule has 1 rings (SSSR count). The first-order chi connectivity index (χ1) is 10.0. The first-order valence-corrected chi connectivity index (χ1v) is 6.26. The number of carbonyl (C=O) groups is 2. The van der Waals surface area contributed by atoms with Crippen LogP contribution in [-0.2, 0) is 9.59 Å². The highest BCUT2D eigenvalue weighted by molar-refractivity contribution is 6.35. The predicted octanol–water partition coefficient (Wildman–Crippen LogP) is 0.564. The fourth-order valence-electron chi connectivity index (χ4n) is 1.31. The van der Waals surface area contributed by atoms with Gasteiger partial charge in [0.15, 0.2) is 6.61 Å². The summed E-state index contributed by atoms with van der Waals surface area (Å²) in [5.41, 5.74) is 2.84. The van der Waals surface area contributed by atoms with E-state index in [1.54, 1.807) is 38.1 Å². The van der Waals surface area contributed by atoms with E-state index in [1.807, 2.05) is 6.07 Å². The van der Waals surface area contributed by atoms with Crippen LogP contribution in [0.2, 0.25) is 0 Å². The molecule has 1 aromatic carbocycles. The maximum atomic E-state index is 11.4. The topological polar surface area (TPSA) is 104 Å². The molecule has 0 unspecified atom stereocenters. The summed E-state index contributed by atoms with van der Waals surface area (Å²) >= 11 is 0. The molecule has 0 saturated heterocycles. The van der Waals surface area contributed by atoms with Crippen molar-refractivity contribution in [3.8, 4) is 11.8 Å². The minimum Gasteiger partial charge on any atom is -0.479 e. The average Bonchev–Trinajstić information content (AvgIpc) is 2.45. The zero-order valence-corrected chi connectivity index (χ0v) is 11.8. The van der Waals surface area contributed by atoms with Gasteiger partial charge in [0.05, 0.1) is 6.21 Å². The van der Waals surface area contributed by atoms with Gasteiger partial charge in [-0.25, -0.2) is 5.43 Å². The quantitative estimate of drug-likeness (QED) is 0.469. The summed E-state index contributed by atoms with van der Waals surface area (Å²) in [6.45, 7) is 3.49. The molecule has 21 heavy (non-hydrogen) atoms. The number of hydrazone groups is 1. The molecule has 0 bridgehead atoms. The molecule has 0 aliphatic carbocycles. The molecule has 0 spiro atoms. The van der Waals surface area contributed by atoms with Crippen LogP contribution < -0.4 is 15.5 Å². The molecule has 0 saturated carbocycles. The molecular weight excluding hydrogens is 272 g/mol. The van der Waals surface area contributed by atoms with Gasteiger partial charge in [-0.3, -0.25) is 9.59 Å². The number of nitrogens with zero attached hydrogens (tertiary/aromatic N) is 2. The summed E-state index contributed by atoms with van der Waals surface area (Å²) in [5.74, 6) is -0.995. The van der Waals surface area contributed by atoms with Crippen molar-refractivity contribution in [2.45, 2.75) is 19.9 Å². The maximum Gasteiger partial charge on any atom is 0.329 e. The molecule has 0 heterocycles. The van der Waals surface area contributed by atoms with Crippen molar-refractivity contribution in [2.75, 3.05) is 6.61 Å². The smallest absolute Gasteiger partial charge is 0.329 e. The molecule has 7 heteroatoms. The Hall–Kier alpha value is -2.88. The van der Waals surface area contributed by atoms with Gasteiger partial charge >= 0.3 is 11.8 Å². The Labute approximate surface area is 122 Å². The second kappa shape index (κ2) is 8.32. The summed E-state index contributed by atoms with van der Waals surface area (Å²) in [7, 11) is 0. The van der Waals surface area contributed by atoms with E-state index in [2.05, 4.69) is 15.8 Å². The molecular formula is C14H16N4O3. The zero-order chi connectivity index (χ0) is 15.7. The highest BCUT2D eigenvalue weighted by atomic mass is 16.5. The van der Waals surface area contributed by atoms with Crippen molar-refractivity contribution in [1.29, 1.82) is 5.26 Å². The van der Waals surface area contributed by atoms with Crippen LogP contribution in [0, 0.1) is 11.3 Å². The van der Waals surface area contributed by atoms with Crippen molar-refractivity contribution in [3.05, 3.63) is 29.8 Å². The number of rotatable bonds is 5. The molecule has 0 fully saturated rings. The molecule has 2 N–H and O–H groups in total. The van der Waals surface area contributed by atoms with E-state index in [-0.39, 0.29) is 12.6 Å². The fraction of sp³-hybridized carbons (Fsp3) is 0.286. The van der Waals surface area contributed by atoms with E-state index in [0.717, 1.165) is 0 Å². The Morgan fingerprint density at radius 2 is 2.00 bits per heavy atom. The lowest BCUT2D eigenvalue weighted by molar-refractivity contribution is -0.139. The molecule has 0 aliphatic rings. The maximum absolute atomic E-state index is 11.4. The van der Waals surface area contributed by atoms with Crippen molar-refractivity contribution >= 4 is 18.0 Å². The number of benzene rings is 1. The van der Waals surface area contributed by atoms with Crippen LogP contribution in [0.25, 0.3) is 0 Å². The van der Waals surface area contributed by atoms with Crippen molar-refractivity contribution in [1.82, 2.24) is 10.7 Å². The first kappa shape index (κ1) is 16.2. The Bertz CT molecular complexity index is 559. The van der Waals surface area contributed by atoms with Gasteiger partial charge in [-0.1, -0.05) is 0 Å². The van der Waals surface area contributed by atoms with Gasteiger partial charge < -0.3 is 10.1 Å². The van der Waals surface area contributed by atoms with Gasteiger partial charge in [0.25, 0.3) is 0 Å². The molecule has 0 aromatic heterocycles. The second-order valence-corrected chi connectivity index (χ2v) is 4.34. The number of carbonyl (C=O) groups excluding carboxylic acids is 2. The van der Waals surface area contributed by atoms with Gasteiger partial charge in [0.1, 0.15) is 11.8 Å². The van der Waals surface area contributed by atoms with Crippen molar-refractivity contribution in [3.63, 3.8) is 0 Å². The lowest BCUT2D eigenvalue weighted by atomic mass is 10.2. The number of nitriles is 1. The summed E-state index contributed by atoms with van der Waals surface area (Å²) in [6, 6.07) is 8.51. The Morgan fingerprint density at radius 1 is 1.33 bits per heavy atom. The fourth-order valence-corrected chi connectivity index (χ4v) is 1.31. The molecule has 0 radical (unpaired) electrons. The van der Waals surface area contributed by atoms with Crippen LogP contribution in [0.15, 0.2) is 29.4 Å². The monoisotopic (exact) mass is 288 g/mol. The Kier molecular flexibility index (Phi) is 6.41. The lowest BCUT2D eigenvalue weighted by Crippen LogP contribution is -2.41. The number of amides is 2. The van der Waals surface area contributed by atoms with Crippen LogP contribution in [0.5, 0.6) is 5.75 Å². The predicted molar refractivity (Wildman–Crippen MR) is 76.6 cm³/mol. The van der Waals surface area contributed by atoms with E-state index in [4.69, 9.17) is 10.00 Å². The van der Waals surface area contributed by atoms with Crippen LogP contribution >= 0.6 is 0 Å². The molecule has 1 aromatic rings. The van der Waals surface area contributed by atoms with E-state index < -0.39 is 11.8 Å². The summed E-state index contributed by atoms with van der Waals surface area (Å²) in [4.78, 5) is 22.7. The normalized spacial score (nSPS) is 10.2. The van der Waals surface area contributed by atoms with E-state index in [9.17, 15) is 9.59 Å². The third kappa shape index (κ3) is 6.20. The summed E-state index contributed by atoms with van der Waals surface area (Å²) in [6.07, 6.45) is 1.40. The van der Waals surface area contributed by atoms with Crippen LogP contribution in [0.1, 0.15) is 19.4 Å². The van der Waals surface area contributed by atoms with Crippen LogP contribution in [0.3, 0.4) is 0 Å². The highest BCUT2D eigenvalue weighted by Gasteiger charge is 2.12. The molecule has 0 aliphatic heterocycles. The summed E-state index contributed by atoms with van der Waals surface area (Å²) in [5, 5.41) is 14.5. The molecule has 110 valence electrons. The number of hydrogen-bond acceptors (Lipinski definition) is 5. The number of nitrogens with one attached hydrogen (secondary N) is 2. The van der Waals surface area contributed by atoms with Gasteiger partial charge in [0, 0.05) is 6.04 Å². The Balaban J connectivity index is 2.48. The Morgan fingerprint density at radius 3 is 2.57 bits per heavy atom. The van der Waals surface area contributed by atoms with Gasteiger partial charge in [-0.15, -0.1) is 0 Å². The largest absolute Gasteiger partial charge is 0.479 e. The van der Waals surface area contributed by atoms with E-state index in [1.165, 1.54) is 6.21 Å². The van der Waals surface area contributed by atoms with Gasteiger partial charge in [-0.05, 0) is 43.7 Å². The standard InChI is InChI=1S/C14H16N4O3/c1-10(2)17-13(19)14(20)18-16-9-11-3-5-12(6-4-11)21-8-7-15/h3-6,9-10H,8H2,1-2H3,(H,17,19)(H,18,20)/b16-9-. The van der Waals surface area contributed by atoms with Gasteiger partial charge in [-0.2, -0.15) is 10.4 Å². The third-order valence-corrected chi connectivity index (χ3v) is 2.19. The second-order valence-electron chi connectivity index (χ2n) is 4.34. The van der Waals surface area contributed by atoms with Gasteiger partial charge in [0.2, 0.25) is 0 Å². The minimum absolute atomic E-state index is 0.0194.